The van der Waals surface area contributed by atoms with Crippen LogP contribution in [0.15, 0.2) is 59.8 Å². The predicted molar refractivity (Wildman–Crippen MR) is 63.7 cm³/mol. The second-order valence-electron chi connectivity index (χ2n) is 3.19. The quantitative estimate of drug-likeness (QED) is 0.276. The number of allylic oxidation sites excluding steroid dienone is 3. The number of carbonyl (C=O) groups is 1. The summed E-state index contributed by atoms with van der Waals surface area (Å²) in [5, 5.41) is 12.2. The van der Waals surface area contributed by atoms with E-state index in [1.54, 1.807) is 12.1 Å². The minimum Gasteiger partial charge on any atom is -0.410 e. The Morgan fingerprint density at radius 1 is 1.38 bits per heavy atom. The summed E-state index contributed by atoms with van der Waals surface area (Å²) in [5.74, 6) is -0.170. The van der Waals surface area contributed by atoms with Gasteiger partial charge < -0.3 is 5.21 Å². The lowest BCUT2D eigenvalue weighted by Gasteiger charge is -2.05. The first-order valence-electron chi connectivity index (χ1n) is 4.82. The molecular formula is C13H13NO2. The molecule has 0 amide bonds. The molecule has 0 heterocycles. The van der Waals surface area contributed by atoms with Gasteiger partial charge in [-0.2, -0.15) is 0 Å². The molecule has 0 saturated carbocycles. The summed E-state index contributed by atoms with van der Waals surface area (Å²) in [6, 6.07) is 9.02. The van der Waals surface area contributed by atoms with Gasteiger partial charge in [0.2, 0.25) is 0 Å². The van der Waals surface area contributed by atoms with E-state index in [2.05, 4.69) is 11.7 Å². The average Bonchev–Trinajstić information content (AvgIpc) is 2.30. The Balaban J connectivity index is 3.23. The number of carbonyl (C=O) groups excluding carboxylic acids is 1. The summed E-state index contributed by atoms with van der Waals surface area (Å²) in [7, 11) is 0. The van der Waals surface area contributed by atoms with Gasteiger partial charge in [-0.05, 0) is 13.0 Å². The largest absolute Gasteiger partial charge is 0.410 e. The fraction of sp³-hybridized carbons (Fsp3) is 0.0769. The summed E-state index contributed by atoms with van der Waals surface area (Å²) in [5.41, 5.74) is 1.28. The first-order valence-corrected chi connectivity index (χ1v) is 4.82. The van der Waals surface area contributed by atoms with Crippen LogP contribution in [0.3, 0.4) is 0 Å². The Bertz CT molecular complexity index is 444. The molecule has 0 spiro atoms. The third-order valence-electron chi connectivity index (χ3n) is 2.07. The lowest BCUT2D eigenvalue weighted by atomic mass is 9.99. The van der Waals surface area contributed by atoms with E-state index in [0.717, 1.165) is 0 Å². The van der Waals surface area contributed by atoms with Crippen LogP contribution < -0.4 is 0 Å². The van der Waals surface area contributed by atoms with Crippen LogP contribution in [0.4, 0.5) is 0 Å². The van der Waals surface area contributed by atoms with Crippen molar-refractivity contribution in [3.05, 3.63) is 60.2 Å². The van der Waals surface area contributed by atoms with Crippen LogP contribution in [0, 0.1) is 0 Å². The van der Waals surface area contributed by atoms with Crippen LogP contribution in [0.1, 0.15) is 12.5 Å². The van der Waals surface area contributed by atoms with Gasteiger partial charge in [0.25, 0.3) is 0 Å². The normalized spacial score (nSPS) is 12.3. The Hall–Kier alpha value is -2.16. The highest BCUT2D eigenvalue weighted by molar-refractivity contribution is 6.28. The molecule has 0 aromatic heterocycles. The standard InChI is InChI=1S/C13H13NO2/c1-3-7-12(10(2)15)13(14-16)11-8-5-4-6-9-11/h3-9,16H,1H2,2H3/b12-7+,14-13-. The molecule has 1 rings (SSSR count). The monoisotopic (exact) mass is 215 g/mol. The van der Waals surface area contributed by atoms with Crippen LogP contribution in [0.25, 0.3) is 0 Å². The molecule has 0 aliphatic heterocycles. The molecule has 1 N–H and O–H groups in total. The van der Waals surface area contributed by atoms with Crippen LogP contribution in [-0.2, 0) is 4.79 Å². The van der Waals surface area contributed by atoms with Gasteiger partial charge in [-0.1, -0.05) is 48.1 Å². The first kappa shape index (κ1) is 11.9. The highest BCUT2D eigenvalue weighted by atomic mass is 16.4. The SMILES string of the molecule is C=C/C=C(C(C)=O)/C(=N\O)c1ccccc1. The van der Waals surface area contributed by atoms with E-state index in [0.29, 0.717) is 11.1 Å². The van der Waals surface area contributed by atoms with Gasteiger partial charge in [-0.25, -0.2) is 0 Å². The van der Waals surface area contributed by atoms with E-state index in [4.69, 9.17) is 5.21 Å². The number of hydrogen-bond acceptors (Lipinski definition) is 3. The Kier molecular flexibility index (Phi) is 4.21. The van der Waals surface area contributed by atoms with Crippen molar-refractivity contribution in [3.8, 4) is 0 Å². The van der Waals surface area contributed by atoms with E-state index < -0.39 is 0 Å². The lowest BCUT2D eigenvalue weighted by Crippen LogP contribution is -2.11. The van der Waals surface area contributed by atoms with E-state index >= 15 is 0 Å². The van der Waals surface area contributed by atoms with Gasteiger partial charge >= 0.3 is 0 Å². The molecule has 3 nitrogen and oxygen atoms in total. The fourth-order valence-corrected chi connectivity index (χ4v) is 1.34. The highest BCUT2D eigenvalue weighted by Crippen LogP contribution is 2.10. The van der Waals surface area contributed by atoms with Gasteiger partial charge in [0.1, 0.15) is 5.71 Å². The molecule has 1 aromatic carbocycles. The molecular weight excluding hydrogens is 202 g/mol. The summed E-state index contributed by atoms with van der Waals surface area (Å²) in [4.78, 5) is 11.4. The van der Waals surface area contributed by atoms with Gasteiger partial charge in [-0.3, -0.25) is 4.79 Å². The number of rotatable bonds is 4. The zero-order chi connectivity index (χ0) is 12.0. The molecule has 0 unspecified atom stereocenters. The molecule has 16 heavy (non-hydrogen) atoms. The predicted octanol–water partition coefficient (Wildman–Crippen LogP) is 2.57. The number of hydrogen-bond donors (Lipinski definition) is 1. The summed E-state index contributed by atoms with van der Waals surface area (Å²) < 4.78 is 0. The molecule has 3 heteroatoms. The topological polar surface area (TPSA) is 49.7 Å². The number of ketones is 1. The fourth-order valence-electron chi connectivity index (χ4n) is 1.34. The van der Waals surface area contributed by atoms with Crippen LogP contribution in [0.2, 0.25) is 0 Å². The van der Waals surface area contributed by atoms with Crippen molar-refractivity contribution in [2.24, 2.45) is 5.16 Å². The van der Waals surface area contributed by atoms with Crippen molar-refractivity contribution in [1.82, 2.24) is 0 Å². The number of nitrogens with zero attached hydrogens (tertiary/aromatic N) is 1. The van der Waals surface area contributed by atoms with Crippen LogP contribution in [-0.4, -0.2) is 16.7 Å². The number of benzene rings is 1. The third-order valence-corrected chi connectivity index (χ3v) is 2.07. The highest BCUT2D eigenvalue weighted by Gasteiger charge is 2.13. The smallest absolute Gasteiger partial charge is 0.162 e. The van der Waals surface area contributed by atoms with Gasteiger partial charge in [-0.15, -0.1) is 0 Å². The molecule has 0 saturated heterocycles. The van der Waals surface area contributed by atoms with Gasteiger partial charge in [0.15, 0.2) is 5.78 Å². The van der Waals surface area contributed by atoms with Gasteiger partial charge in [0, 0.05) is 11.1 Å². The molecule has 0 aliphatic carbocycles. The second-order valence-corrected chi connectivity index (χ2v) is 3.19. The first-order chi connectivity index (χ1) is 7.70. The van der Waals surface area contributed by atoms with E-state index in [1.807, 2.05) is 18.2 Å². The molecule has 82 valence electrons. The summed E-state index contributed by atoms with van der Waals surface area (Å²) >= 11 is 0. The van der Waals surface area contributed by atoms with Gasteiger partial charge in [0.05, 0.1) is 0 Å². The Labute approximate surface area is 94.4 Å². The third kappa shape index (κ3) is 2.67. The molecule has 1 aromatic rings. The van der Waals surface area contributed by atoms with Crippen molar-refractivity contribution in [3.63, 3.8) is 0 Å². The molecule has 0 aliphatic rings. The summed E-state index contributed by atoms with van der Waals surface area (Å²) in [6.45, 7) is 4.95. The van der Waals surface area contributed by atoms with Crippen molar-refractivity contribution < 1.29 is 10.0 Å². The van der Waals surface area contributed by atoms with Crippen molar-refractivity contribution in [2.75, 3.05) is 0 Å². The minimum atomic E-state index is -0.170. The van der Waals surface area contributed by atoms with Crippen molar-refractivity contribution >= 4 is 11.5 Å². The maximum absolute atomic E-state index is 11.4. The molecule has 0 radical (unpaired) electrons. The maximum atomic E-state index is 11.4. The molecule has 0 atom stereocenters. The van der Waals surface area contributed by atoms with Crippen molar-refractivity contribution in [2.45, 2.75) is 6.92 Å². The lowest BCUT2D eigenvalue weighted by molar-refractivity contribution is -0.113. The van der Waals surface area contributed by atoms with Crippen LogP contribution >= 0.6 is 0 Å². The maximum Gasteiger partial charge on any atom is 0.162 e. The van der Waals surface area contributed by atoms with Crippen molar-refractivity contribution in [1.29, 1.82) is 0 Å². The number of oxime groups is 1. The zero-order valence-corrected chi connectivity index (χ0v) is 9.05. The van der Waals surface area contributed by atoms with E-state index in [-0.39, 0.29) is 11.5 Å². The molecule has 0 fully saturated rings. The van der Waals surface area contributed by atoms with E-state index in [1.165, 1.54) is 19.1 Å². The minimum absolute atomic E-state index is 0.170. The van der Waals surface area contributed by atoms with Crippen LogP contribution in [0.5, 0.6) is 0 Å². The Morgan fingerprint density at radius 2 is 2.00 bits per heavy atom. The Morgan fingerprint density at radius 3 is 2.44 bits per heavy atom. The van der Waals surface area contributed by atoms with E-state index in [9.17, 15) is 4.79 Å². The number of Topliss-reactive ketones (excluding diaryl/α,β-unsaturated/α-hetero) is 1. The average molecular weight is 215 g/mol. The second kappa shape index (κ2) is 5.66. The molecule has 0 bridgehead atoms. The summed E-state index contributed by atoms with van der Waals surface area (Å²) in [6.07, 6.45) is 3.02. The zero-order valence-electron chi connectivity index (χ0n) is 9.05.